The second-order valence-corrected chi connectivity index (χ2v) is 8.50. The fourth-order valence-electron chi connectivity index (χ4n) is 2.88. The molecule has 0 aliphatic carbocycles. The molecule has 0 bridgehead atoms. The predicted molar refractivity (Wildman–Crippen MR) is 104 cm³/mol. The van der Waals surface area contributed by atoms with Crippen molar-refractivity contribution in [2.45, 2.75) is 23.5 Å². The van der Waals surface area contributed by atoms with Gasteiger partial charge in [-0.2, -0.15) is 5.26 Å². The third-order valence-electron chi connectivity index (χ3n) is 4.61. The van der Waals surface area contributed by atoms with E-state index in [4.69, 9.17) is 16.4 Å². The van der Waals surface area contributed by atoms with Crippen molar-refractivity contribution in [2.75, 3.05) is 11.9 Å². The summed E-state index contributed by atoms with van der Waals surface area (Å²) in [6.07, 6.45) is 6.46. The number of aliphatic hydroxyl groups is 1. The van der Waals surface area contributed by atoms with E-state index in [9.17, 15) is 22.7 Å². The highest BCUT2D eigenvalue weighted by atomic mass is 32.2. The minimum atomic E-state index is -4.17. The lowest BCUT2D eigenvalue weighted by Crippen LogP contribution is -2.52. The monoisotopic (exact) mass is 432 g/mol. The van der Waals surface area contributed by atoms with Crippen LogP contribution in [0.15, 0.2) is 29.3 Å². The first-order valence-electron chi connectivity index (χ1n) is 8.55. The summed E-state index contributed by atoms with van der Waals surface area (Å²) in [6.45, 7) is 0.928. The van der Waals surface area contributed by atoms with Crippen LogP contribution in [0.4, 0.5) is 10.1 Å². The standard InChI is InChI=1S/C19H17FN4O5S/c1-4-19(2,26)15-10-29-17-14(30(27,28)23-15)9-24(3)16(17)18(25)22-12-5-6-13(20)11(7-12)8-21/h1,5-7,9,15,23,26H,10H2,2-3H3,(H,22,25)/t15-,19?/m0/s1. The molecular weight excluding hydrogens is 415 g/mol. The lowest BCUT2D eigenvalue weighted by Gasteiger charge is -2.26. The van der Waals surface area contributed by atoms with Gasteiger partial charge < -0.3 is 19.7 Å². The summed E-state index contributed by atoms with van der Waals surface area (Å²) in [5.74, 6) is 0.393. The summed E-state index contributed by atoms with van der Waals surface area (Å²) in [5, 5.41) is 21.6. The van der Waals surface area contributed by atoms with E-state index in [0.717, 1.165) is 12.1 Å². The molecular formula is C19H17FN4O5S. The Balaban J connectivity index is 1.99. The summed E-state index contributed by atoms with van der Waals surface area (Å²) in [5.41, 5.74) is -2.08. The zero-order chi connectivity index (χ0) is 22.3. The van der Waals surface area contributed by atoms with E-state index in [1.807, 2.05) is 0 Å². The van der Waals surface area contributed by atoms with Crippen LogP contribution in [0.5, 0.6) is 5.75 Å². The molecule has 30 heavy (non-hydrogen) atoms. The van der Waals surface area contributed by atoms with E-state index in [-0.39, 0.29) is 34.2 Å². The molecule has 1 amide bonds. The van der Waals surface area contributed by atoms with Crippen LogP contribution in [0, 0.1) is 29.5 Å². The number of fused-ring (bicyclic) bond motifs is 1. The predicted octanol–water partition coefficient (Wildman–Crippen LogP) is 0.712. The van der Waals surface area contributed by atoms with Gasteiger partial charge in [0.25, 0.3) is 5.91 Å². The molecule has 0 saturated heterocycles. The van der Waals surface area contributed by atoms with Crippen molar-refractivity contribution < 1.29 is 27.4 Å². The highest BCUT2D eigenvalue weighted by Crippen LogP contribution is 2.34. The Kier molecular flexibility index (Phi) is 5.31. The Labute approximate surface area is 172 Å². The number of sulfonamides is 1. The highest BCUT2D eigenvalue weighted by molar-refractivity contribution is 7.89. The third-order valence-corrected chi connectivity index (χ3v) is 6.08. The van der Waals surface area contributed by atoms with Gasteiger partial charge in [-0.15, -0.1) is 6.42 Å². The molecule has 1 aromatic carbocycles. The van der Waals surface area contributed by atoms with Crippen molar-refractivity contribution in [3.63, 3.8) is 0 Å². The van der Waals surface area contributed by atoms with Crippen molar-refractivity contribution in [3.05, 3.63) is 41.5 Å². The van der Waals surface area contributed by atoms with Gasteiger partial charge in [-0.3, -0.25) is 4.79 Å². The molecule has 3 N–H and O–H groups in total. The van der Waals surface area contributed by atoms with Gasteiger partial charge in [-0.1, -0.05) is 5.92 Å². The second kappa shape index (κ2) is 7.46. The summed E-state index contributed by atoms with van der Waals surface area (Å²) in [6, 6.07) is 3.94. The van der Waals surface area contributed by atoms with Crippen LogP contribution in [-0.4, -0.2) is 42.2 Å². The molecule has 3 rings (SSSR count). The molecule has 1 aliphatic heterocycles. The fourth-order valence-corrected chi connectivity index (χ4v) is 4.37. The van der Waals surface area contributed by atoms with Crippen LogP contribution in [0.1, 0.15) is 23.0 Å². The van der Waals surface area contributed by atoms with E-state index in [0.29, 0.717) is 0 Å². The molecule has 1 aliphatic rings. The van der Waals surface area contributed by atoms with Crippen LogP contribution in [0.3, 0.4) is 0 Å². The fraction of sp³-hybridized carbons (Fsp3) is 0.263. The Bertz CT molecular complexity index is 1220. The first kappa shape index (κ1) is 21.3. The number of hydrogen-bond acceptors (Lipinski definition) is 6. The van der Waals surface area contributed by atoms with Gasteiger partial charge in [0.15, 0.2) is 11.4 Å². The Morgan fingerprint density at radius 2 is 2.23 bits per heavy atom. The van der Waals surface area contributed by atoms with Gasteiger partial charge in [0, 0.05) is 18.9 Å². The number of ether oxygens (including phenoxy) is 1. The van der Waals surface area contributed by atoms with Gasteiger partial charge in [-0.05, 0) is 25.1 Å². The largest absolute Gasteiger partial charge is 0.488 e. The summed E-state index contributed by atoms with van der Waals surface area (Å²) in [7, 11) is -2.72. The number of rotatable bonds is 3. The normalized spacial score (nSPS) is 19.2. The number of anilines is 1. The first-order chi connectivity index (χ1) is 14.0. The molecule has 156 valence electrons. The Hall–Kier alpha value is -3.38. The van der Waals surface area contributed by atoms with Crippen LogP contribution in [-0.2, 0) is 17.1 Å². The molecule has 0 fully saturated rings. The number of halogens is 1. The van der Waals surface area contributed by atoms with Gasteiger partial charge >= 0.3 is 0 Å². The molecule has 2 aromatic rings. The number of nitrogens with one attached hydrogen (secondary N) is 2. The minimum absolute atomic E-state index is 0.126. The van der Waals surface area contributed by atoms with Crippen LogP contribution in [0.25, 0.3) is 0 Å². The van der Waals surface area contributed by atoms with Gasteiger partial charge in [0.05, 0.1) is 11.6 Å². The Morgan fingerprint density at radius 1 is 1.53 bits per heavy atom. The number of terminal acetylenes is 1. The molecule has 0 spiro atoms. The number of benzene rings is 1. The van der Waals surface area contributed by atoms with Crippen LogP contribution >= 0.6 is 0 Å². The van der Waals surface area contributed by atoms with E-state index in [1.165, 1.54) is 30.8 Å². The van der Waals surface area contributed by atoms with Crippen molar-refractivity contribution in [1.82, 2.24) is 9.29 Å². The number of aromatic nitrogens is 1. The van der Waals surface area contributed by atoms with Crippen molar-refractivity contribution in [1.29, 1.82) is 5.26 Å². The maximum atomic E-state index is 13.5. The number of nitrogens with zero attached hydrogens (tertiary/aromatic N) is 2. The molecule has 1 unspecified atom stereocenters. The van der Waals surface area contributed by atoms with E-state index in [1.54, 1.807) is 6.07 Å². The van der Waals surface area contributed by atoms with E-state index < -0.39 is 33.4 Å². The molecule has 0 saturated carbocycles. The molecule has 0 radical (unpaired) electrons. The highest BCUT2D eigenvalue weighted by Gasteiger charge is 2.40. The average molecular weight is 432 g/mol. The number of carbonyl (C=O) groups excluding carboxylic acids is 1. The maximum Gasteiger partial charge on any atom is 0.276 e. The van der Waals surface area contributed by atoms with Crippen molar-refractivity contribution in [3.8, 4) is 24.2 Å². The lowest BCUT2D eigenvalue weighted by molar-refractivity contribution is 0.0640. The molecule has 2 atom stereocenters. The van der Waals surface area contributed by atoms with E-state index in [2.05, 4.69) is 16.0 Å². The summed E-state index contributed by atoms with van der Waals surface area (Å²) >= 11 is 0. The SMILES string of the molecule is C#CC(C)(O)[C@@H]1COc2c(cn(C)c2C(=O)Nc2ccc(F)c(C#N)c2)S(=O)(=O)N1. The smallest absolute Gasteiger partial charge is 0.276 e. The quantitative estimate of drug-likeness (QED) is 0.612. The molecule has 1 aromatic heterocycles. The zero-order valence-electron chi connectivity index (χ0n) is 15.9. The number of carbonyl (C=O) groups is 1. The maximum absolute atomic E-state index is 13.5. The van der Waals surface area contributed by atoms with Crippen LogP contribution in [0.2, 0.25) is 0 Å². The molecule has 9 nitrogen and oxygen atoms in total. The summed E-state index contributed by atoms with van der Waals surface area (Å²) < 4.78 is 48.1. The molecule has 2 heterocycles. The van der Waals surface area contributed by atoms with Crippen molar-refractivity contribution in [2.24, 2.45) is 7.05 Å². The van der Waals surface area contributed by atoms with Crippen LogP contribution < -0.4 is 14.8 Å². The topological polar surface area (TPSA) is 133 Å². The van der Waals surface area contributed by atoms with Crippen molar-refractivity contribution >= 4 is 21.6 Å². The Morgan fingerprint density at radius 3 is 2.87 bits per heavy atom. The van der Waals surface area contributed by atoms with Gasteiger partial charge in [0.2, 0.25) is 10.0 Å². The minimum Gasteiger partial charge on any atom is -0.488 e. The molecule has 11 heteroatoms. The second-order valence-electron chi connectivity index (χ2n) is 6.82. The lowest BCUT2D eigenvalue weighted by atomic mass is 9.99. The third kappa shape index (κ3) is 3.74. The number of amides is 1. The first-order valence-corrected chi connectivity index (χ1v) is 10.0. The zero-order valence-corrected chi connectivity index (χ0v) is 16.7. The number of aryl methyl sites for hydroxylation is 1. The average Bonchev–Trinajstić information content (AvgIpc) is 2.97. The van der Waals surface area contributed by atoms with Gasteiger partial charge in [0.1, 0.15) is 29.0 Å². The summed E-state index contributed by atoms with van der Waals surface area (Å²) in [4.78, 5) is 12.5. The number of nitriles is 1. The van der Waals surface area contributed by atoms with E-state index >= 15 is 0 Å². The number of hydrogen-bond donors (Lipinski definition) is 3. The van der Waals surface area contributed by atoms with Gasteiger partial charge in [-0.25, -0.2) is 17.5 Å².